The van der Waals surface area contributed by atoms with Crippen LogP contribution in [0.4, 0.5) is 0 Å². The largest absolute Gasteiger partial charge is 0.314 e. The summed E-state index contributed by atoms with van der Waals surface area (Å²) < 4.78 is 1.19. The van der Waals surface area contributed by atoms with Gasteiger partial charge in [-0.3, -0.25) is 4.90 Å². The number of hydrogen-bond acceptors (Lipinski definition) is 2. The molecule has 0 radical (unpaired) electrons. The van der Waals surface area contributed by atoms with Gasteiger partial charge in [-0.05, 0) is 56.8 Å². The Bertz CT molecular complexity index is 462. The second-order valence-corrected chi connectivity index (χ2v) is 7.56. The Morgan fingerprint density at radius 2 is 2.00 bits per heavy atom. The number of halogens is 1. The van der Waals surface area contributed by atoms with Gasteiger partial charge in [-0.25, -0.2) is 0 Å². The monoisotopic (exact) mass is 350 g/mol. The maximum atomic E-state index is 3.69. The van der Waals surface area contributed by atoms with E-state index < -0.39 is 0 Å². The van der Waals surface area contributed by atoms with Crippen molar-refractivity contribution in [3.63, 3.8) is 0 Å². The SMILES string of the molecule is CCNC1CC2CCCC(C1)N2C(C)c1cccc(Br)c1. The molecule has 0 amide bonds. The quantitative estimate of drug-likeness (QED) is 0.859. The molecule has 0 saturated carbocycles. The summed E-state index contributed by atoms with van der Waals surface area (Å²) >= 11 is 3.62. The summed E-state index contributed by atoms with van der Waals surface area (Å²) in [4.78, 5) is 2.82. The fourth-order valence-corrected chi connectivity index (χ4v) is 4.86. The highest BCUT2D eigenvalue weighted by molar-refractivity contribution is 9.10. The van der Waals surface area contributed by atoms with Gasteiger partial charge in [-0.1, -0.05) is 41.4 Å². The van der Waals surface area contributed by atoms with Gasteiger partial charge in [-0.15, -0.1) is 0 Å². The van der Waals surface area contributed by atoms with Gasteiger partial charge in [0.05, 0.1) is 0 Å². The van der Waals surface area contributed by atoms with Crippen molar-refractivity contribution in [3.05, 3.63) is 34.3 Å². The minimum Gasteiger partial charge on any atom is -0.314 e. The van der Waals surface area contributed by atoms with Crippen LogP contribution in [0.3, 0.4) is 0 Å². The van der Waals surface area contributed by atoms with E-state index in [9.17, 15) is 0 Å². The molecule has 3 unspecified atom stereocenters. The molecule has 2 aliphatic heterocycles. The number of benzene rings is 1. The van der Waals surface area contributed by atoms with Crippen LogP contribution in [0.15, 0.2) is 28.7 Å². The molecule has 2 aliphatic rings. The molecule has 1 aromatic carbocycles. The second kappa shape index (κ2) is 6.80. The number of nitrogens with zero attached hydrogens (tertiary/aromatic N) is 1. The van der Waals surface area contributed by atoms with Gasteiger partial charge in [0.25, 0.3) is 0 Å². The maximum absolute atomic E-state index is 3.69. The molecule has 3 rings (SSSR count). The Hall–Kier alpha value is -0.380. The molecule has 2 nitrogen and oxygen atoms in total. The molecule has 21 heavy (non-hydrogen) atoms. The molecule has 1 aromatic rings. The Kier molecular flexibility index (Phi) is 5.03. The van der Waals surface area contributed by atoms with Gasteiger partial charge in [0.2, 0.25) is 0 Å². The summed E-state index contributed by atoms with van der Waals surface area (Å²) in [5.74, 6) is 0. The molecule has 0 aliphatic carbocycles. The summed E-state index contributed by atoms with van der Waals surface area (Å²) in [6, 6.07) is 11.6. The summed E-state index contributed by atoms with van der Waals surface area (Å²) in [6.07, 6.45) is 6.80. The second-order valence-electron chi connectivity index (χ2n) is 6.64. The van der Waals surface area contributed by atoms with Crippen molar-refractivity contribution in [3.8, 4) is 0 Å². The van der Waals surface area contributed by atoms with Crippen molar-refractivity contribution in [2.45, 2.75) is 70.1 Å². The van der Waals surface area contributed by atoms with E-state index in [0.29, 0.717) is 6.04 Å². The normalized spacial score (nSPS) is 31.1. The lowest BCUT2D eigenvalue weighted by Gasteiger charge is -2.52. The van der Waals surface area contributed by atoms with Crippen molar-refractivity contribution in [1.82, 2.24) is 10.2 Å². The minimum atomic E-state index is 0.528. The molecule has 116 valence electrons. The van der Waals surface area contributed by atoms with E-state index in [1.54, 1.807) is 0 Å². The average Bonchev–Trinajstić information content (AvgIpc) is 2.46. The zero-order chi connectivity index (χ0) is 14.8. The van der Waals surface area contributed by atoms with Crippen LogP contribution in [0.25, 0.3) is 0 Å². The highest BCUT2D eigenvalue weighted by atomic mass is 79.9. The Morgan fingerprint density at radius 3 is 2.62 bits per heavy atom. The lowest BCUT2D eigenvalue weighted by atomic mass is 9.80. The molecule has 2 saturated heterocycles. The first kappa shape index (κ1) is 15.5. The predicted molar refractivity (Wildman–Crippen MR) is 92.5 cm³/mol. The van der Waals surface area contributed by atoms with E-state index in [2.05, 4.69) is 64.3 Å². The third kappa shape index (κ3) is 3.35. The molecule has 2 fully saturated rings. The lowest BCUT2D eigenvalue weighted by molar-refractivity contribution is -0.00602. The molecule has 1 N–H and O–H groups in total. The first-order valence-electron chi connectivity index (χ1n) is 8.45. The summed E-state index contributed by atoms with van der Waals surface area (Å²) in [7, 11) is 0. The summed E-state index contributed by atoms with van der Waals surface area (Å²) in [5, 5.41) is 3.69. The number of hydrogen-bond donors (Lipinski definition) is 1. The lowest BCUT2D eigenvalue weighted by Crippen LogP contribution is -2.56. The van der Waals surface area contributed by atoms with E-state index in [-0.39, 0.29) is 0 Å². The van der Waals surface area contributed by atoms with Gasteiger partial charge < -0.3 is 5.32 Å². The zero-order valence-electron chi connectivity index (χ0n) is 13.2. The Labute approximate surface area is 137 Å². The fraction of sp³-hybridized carbons (Fsp3) is 0.667. The summed E-state index contributed by atoms with van der Waals surface area (Å²) in [5.41, 5.74) is 1.45. The molecular weight excluding hydrogens is 324 g/mol. The van der Waals surface area contributed by atoms with E-state index >= 15 is 0 Å². The smallest absolute Gasteiger partial charge is 0.0326 e. The average molecular weight is 351 g/mol. The van der Waals surface area contributed by atoms with Crippen LogP contribution in [0.2, 0.25) is 0 Å². The van der Waals surface area contributed by atoms with Gasteiger partial charge >= 0.3 is 0 Å². The van der Waals surface area contributed by atoms with E-state index in [4.69, 9.17) is 0 Å². The first-order chi connectivity index (χ1) is 10.2. The number of rotatable bonds is 4. The van der Waals surface area contributed by atoms with E-state index in [1.807, 2.05) is 0 Å². The molecular formula is C18H27BrN2. The maximum Gasteiger partial charge on any atom is 0.0326 e. The molecule has 0 spiro atoms. The van der Waals surface area contributed by atoms with Crippen molar-refractivity contribution in [1.29, 1.82) is 0 Å². The van der Waals surface area contributed by atoms with Gasteiger partial charge in [0.15, 0.2) is 0 Å². The van der Waals surface area contributed by atoms with Crippen molar-refractivity contribution >= 4 is 15.9 Å². The molecule has 2 bridgehead atoms. The highest BCUT2D eigenvalue weighted by Crippen LogP contribution is 2.40. The number of fused-ring (bicyclic) bond motifs is 2. The van der Waals surface area contributed by atoms with Gasteiger partial charge in [0.1, 0.15) is 0 Å². The highest BCUT2D eigenvalue weighted by Gasteiger charge is 2.40. The summed E-state index contributed by atoms with van der Waals surface area (Å²) in [6.45, 7) is 5.72. The fourth-order valence-electron chi connectivity index (χ4n) is 4.44. The van der Waals surface area contributed by atoms with Crippen LogP contribution >= 0.6 is 15.9 Å². The van der Waals surface area contributed by atoms with E-state index in [0.717, 1.165) is 24.7 Å². The van der Waals surface area contributed by atoms with Crippen molar-refractivity contribution in [2.24, 2.45) is 0 Å². The van der Waals surface area contributed by atoms with Crippen LogP contribution < -0.4 is 5.32 Å². The Balaban J connectivity index is 1.78. The van der Waals surface area contributed by atoms with Gasteiger partial charge in [0, 0.05) is 28.6 Å². The topological polar surface area (TPSA) is 15.3 Å². The predicted octanol–water partition coefficient (Wildman–Crippen LogP) is 4.51. The molecule has 2 heterocycles. The van der Waals surface area contributed by atoms with Crippen LogP contribution in [-0.4, -0.2) is 29.6 Å². The number of piperidine rings is 2. The van der Waals surface area contributed by atoms with Crippen molar-refractivity contribution in [2.75, 3.05) is 6.54 Å². The zero-order valence-corrected chi connectivity index (χ0v) is 14.8. The minimum absolute atomic E-state index is 0.528. The van der Waals surface area contributed by atoms with E-state index in [1.165, 1.54) is 42.1 Å². The van der Waals surface area contributed by atoms with Gasteiger partial charge in [-0.2, -0.15) is 0 Å². The standard InChI is InChI=1S/C18H27BrN2/c1-3-20-16-11-17-8-5-9-18(12-16)21(17)13(2)14-6-4-7-15(19)10-14/h4,6-7,10,13,16-18,20H,3,5,8-9,11-12H2,1-2H3. The first-order valence-corrected chi connectivity index (χ1v) is 9.24. The molecule has 0 aromatic heterocycles. The molecule has 3 heteroatoms. The van der Waals surface area contributed by atoms with Crippen LogP contribution in [0, 0.1) is 0 Å². The third-order valence-corrected chi connectivity index (χ3v) is 5.80. The van der Waals surface area contributed by atoms with Crippen LogP contribution in [0.1, 0.15) is 57.6 Å². The van der Waals surface area contributed by atoms with Crippen LogP contribution in [0.5, 0.6) is 0 Å². The molecule has 3 atom stereocenters. The Morgan fingerprint density at radius 1 is 1.29 bits per heavy atom. The third-order valence-electron chi connectivity index (χ3n) is 5.30. The van der Waals surface area contributed by atoms with Crippen LogP contribution in [-0.2, 0) is 0 Å². The number of nitrogens with one attached hydrogen (secondary N) is 1. The van der Waals surface area contributed by atoms with Crippen molar-refractivity contribution < 1.29 is 0 Å².